The highest BCUT2D eigenvalue weighted by Gasteiger charge is 2.06. The molecule has 4 aromatic rings. The van der Waals surface area contributed by atoms with Crippen LogP contribution in [0.4, 0.5) is 4.39 Å². The van der Waals surface area contributed by atoms with Crippen LogP contribution in [0.15, 0.2) is 78.9 Å². The fourth-order valence-electron chi connectivity index (χ4n) is 4.33. The zero-order valence-electron chi connectivity index (χ0n) is 20.3. The maximum Gasteiger partial charge on any atom is 0.134 e. The number of fused-ring (bicyclic) bond motifs is 1. The minimum atomic E-state index is -0.113. The van der Waals surface area contributed by atoms with Crippen LogP contribution in [0.1, 0.15) is 66.5 Å². The standard InChI is InChI=1S/C33H33F/c1-3-5-6-7-25-8-10-26(11-9-25)12-13-27-14-16-28(17-15-27)18-19-29-20-23-32-31(24-29)22-21-30(4-2)33(32)34/h8-11,14-17,20-24H,3-7,12-13H2,1-2H3. The van der Waals surface area contributed by atoms with E-state index in [4.69, 9.17) is 0 Å². The lowest BCUT2D eigenvalue weighted by Crippen LogP contribution is -1.93. The second kappa shape index (κ2) is 11.7. The zero-order chi connectivity index (χ0) is 23.8. The number of hydrogen-bond acceptors (Lipinski definition) is 0. The Morgan fingerprint density at radius 3 is 1.85 bits per heavy atom. The Labute approximate surface area is 203 Å². The molecule has 0 fully saturated rings. The van der Waals surface area contributed by atoms with E-state index in [1.54, 1.807) is 0 Å². The van der Waals surface area contributed by atoms with Crippen molar-refractivity contribution in [2.45, 2.75) is 58.8 Å². The van der Waals surface area contributed by atoms with E-state index in [1.165, 1.54) is 42.4 Å². The van der Waals surface area contributed by atoms with Crippen LogP contribution < -0.4 is 0 Å². The molecule has 0 N–H and O–H groups in total. The number of aryl methyl sites for hydroxylation is 4. The van der Waals surface area contributed by atoms with Crippen LogP contribution in [0, 0.1) is 17.7 Å². The summed E-state index contributed by atoms with van der Waals surface area (Å²) >= 11 is 0. The van der Waals surface area contributed by atoms with E-state index < -0.39 is 0 Å². The highest BCUT2D eigenvalue weighted by molar-refractivity contribution is 5.85. The Morgan fingerprint density at radius 1 is 0.618 bits per heavy atom. The maximum atomic E-state index is 14.5. The van der Waals surface area contributed by atoms with Crippen molar-refractivity contribution in [2.24, 2.45) is 0 Å². The molecule has 0 saturated heterocycles. The molecule has 0 heterocycles. The summed E-state index contributed by atoms with van der Waals surface area (Å²) in [6.45, 7) is 4.22. The lowest BCUT2D eigenvalue weighted by atomic mass is 10.0. The maximum absolute atomic E-state index is 14.5. The summed E-state index contributed by atoms with van der Waals surface area (Å²) < 4.78 is 14.5. The van der Waals surface area contributed by atoms with E-state index in [0.717, 1.165) is 34.9 Å². The van der Waals surface area contributed by atoms with Crippen molar-refractivity contribution < 1.29 is 4.39 Å². The fourth-order valence-corrected chi connectivity index (χ4v) is 4.33. The molecule has 0 spiro atoms. The van der Waals surface area contributed by atoms with E-state index in [2.05, 4.69) is 67.3 Å². The third-order valence-corrected chi connectivity index (χ3v) is 6.51. The van der Waals surface area contributed by atoms with Gasteiger partial charge in [-0.05, 0) is 84.0 Å². The van der Waals surface area contributed by atoms with Crippen LogP contribution in [-0.2, 0) is 25.7 Å². The largest absolute Gasteiger partial charge is 0.206 e. The molecule has 0 amide bonds. The Morgan fingerprint density at radius 2 is 1.21 bits per heavy atom. The fraction of sp³-hybridized carbons (Fsp3) is 0.273. The summed E-state index contributed by atoms with van der Waals surface area (Å²) in [5, 5.41) is 1.56. The average Bonchev–Trinajstić information content (AvgIpc) is 2.88. The van der Waals surface area contributed by atoms with E-state index in [0.29, 0.717) is 11.8 Å². The summed E-state index contributed by atoms with van der Waals surface area (Å²) in [6.07, 6.45) is 7.82. The SMILES string of the molecule is CCCCCc1ccc(CCc2ccc(C#Cc3ccc4c(F)c(CC)ccc4c3)cc2)cc1. The average molecular weight is 449 g/mol. The van der Waals surface area contributed by atoms with E-state index >= 15 is 0 Å². The van der Waals surface area contributed by atoms with Gasteiger partial charge in [0.25, 0.3) is 0 Å². The molecule has 34 heavy (non-hydrogen) atoms. The van der Waals surface area contributed by atoms with Gasteiger partial charge in [-0.25, -0.2) is 4.39 Å². The first-order chi connectivity index (χ1) is 16.7. The summed E-state index contributed by atoms with van der Waals surface area (Å²) in [4.78, 5) is 0. The quantitative estimate of drug-likeness (QED) is 0.187. The van der Waals surface area contributed by atoms with Gasteiger partial charge >= 0.3 is 0 Å². The summed E-state index contributed by atoms with van der Waals surface area (Å²) in [5.41, 5.74) is 6.81. The van der Waals surface area contributed by atoms with Crippen molar-refractivity contribution in [3.63, 3.8) is 0 Å². The lowest BCUT2D eigenvalue weighted by Gasteiger charge is -2.05. The zero-order valence-corrected chi connectivity index (χ0v) is 20.3. The second-order valence-corrected chi connectivity index (χ2v) is 9.05. The second-order valence-electron chi connectivity index (χ2n) is 9.05. The first-order valence-corrected chi connectivity index (χ1v) is 12.6. The third kappa shape index (κ3) is 6.15. The molecule has 0 aliphatic rings. The number of hydrogen-bond donors (Lipinski definition) is 0. The van der Waals surface area contributed by atoms with Crippen molar-refractivity contribution in [3.8, 4) is 11.8 Å². The molecule has 0 atom stereocenters. The number of benzene rings is 4. The van der Waals surface area contributed by atoms with Gasteiger partial charge in [-0.2, -0.15) is 0 Å². The van der Waals surface area contributed by atoms with Crippen molar-refractivity contribution in [1.82, 2.24) is 0 Å². The molecular formula is C33H33F. The van der Waals surface area contributed by atoms with Gasteiger partial charge in [0.05, 0.1) is 0 Å². The molecule has 4 rings (SSSR count). The molecule has 0 aliphatic carbocycles. The number of halogens is 1. The van der Waals surface area contributed by atoms with Crippen LogP contribution in [-0.4, -0.2) is 0 Å². The third-order valence-electron chi connectivity index (χ3n) is 6.51. The van der Waals surface area contributed by atoms with Gasteiger partial charge in [0.1, 0.15) is 5.82 Å². The summed E-state index contributed by atoms with van der Waals surface area (Å²) in [6, 6.07) is 27.2. The summed E-state index contributed by atoms with van der Waals surface area (Å²) in [7, 11) is 0. The van der Waals surface area contributed by atoms with E-state index in [-0.39, 0.29) is 5.82 Å². The number of rotatable bonds is 8. The molecule has 0 unspecified atom stereocenters. The van der Waals surface area contributed by atoms with E-state index in [1.807, 2.05) is 37.3 Å². The Hall–Kier alpha value is -3.37. The minimum Gasteiger partial charge on any atom is -0.206 e. The molecule has 172 valence electrons. The van der Waals surface area contributed by atoms with Gasteiger partial charge in [-0.1, -0.05) is 93.1 Å². The monoisotopic (exact) mass is 448 g/mol. The van der Waals surface area contributed by atoms with Gasteiger partial charge in [0.2, 0.25) is 0 Å². The van der Waals surface area contributed by atoms with E-state index in [9.17, 15) is 4.39 Å². The first-order valence-electron chi connectivity index (χ1n) is 12.6. The predicted molar refractivity (Wildman–Crippen MR) is 143 cm³/mol. The van der Waals surface area contributed by atoms with Crippen molar-refractivity contribution in [2.75, 3.05) is 0 Å². The van der Waals surface area contributed by atoms with Gasteiger partial charge in [-0.15, -0.1) is 0 Å². The van der Waals surface area contributed by atoms with Crippen LogP contribution in [0.25, 0.3) is 10.8 Å². The van der Waals surface area contributed by atoms with Crippen LogP contribution in [0.2, 0.25) is 0 Å². The van der Waals surface area contributed by atoms with Gasteiger partial charge < -0.3 is 0 Å². The first kappa shape index (κ1) is 23.8. The Kier molecular flexibility index (Phi) is 8.16. The van der Waals surface area contributed by atoms with Gasteiger partial charge in [0, 0.05) is 16.5 Å². The Bertz CT molecular complexity index is 1280. The summed E-state index contributed by atoms with van der Waals surface area (Å²) in [5.74, 6) is 6.36. The van der Waals surface area contributed by atoms with Crippen LogP contribution >= 0.6 is 0 Å². The van der Waals surface area contributed by atoms with Crippen molar-refractivity contribution in [3.05, 3.63) is 118 Å². The highest BCUT2D eigenvalue weighted by atomic mass is 19.1. The van der Waals surface area contributed by atoms with Crippen LogP contribution in [0.5, 0.6) is 0 Å². The number of unbranched alkanes of at least 4 members (excludes halogenated alkanes) is 2. The molecular weight excluding hydrogens is 415 g/mol. The molecule has 0 aliphatic heterocycles. The smallest absolute Gasteiger partial charge is 0.134 e. The van der Waals surface area contributed by atoms with Gasteiger partial charge in [-0.3, -0.25) is 0 Å². The highest BCUT2D eigenvalue weighted by Crippen LogP contribution is 2.22. The lowest BCUT2D eigenvalue weighted by molar-refractivity contribution is 0.624. The molecule has 1 heteroatoms. The molecule has 4 aromatic carbocycles. The predicted octanol–water partition coefficient (Wildman–Crippen LogP) is 8.46. The topological polar surface area (TPSA) is 0 Å². The van der Waals surface area contributed by atoms with Gasteiger partial charge in [0.15, 0.2) is 0 Å². The normalized spacial score (nSPS) is 10.8. The molecule has 0 bridgehead atoms. The molecule has 0 nitrogen and oxygen atoms in total. The van der Waals surface area contributed by atoms with Crippen LogP contribution in [0.3, 0.4) is 0 Å². The van der Waals surface area contributed by atoms with Crippen molar-refractivity contribution in [1.29, 1.82) is 0 Å². The molecule has 0 saturated carbocycles. The molecule has 0 radical (unpaired) electrons. The minimum absolute atomic E-state index is 0.113. The molecule has 0 aromatic heterocycles. The van der Waals surface area contributed by atoms with Crippen molar-refractivity contribution >= 4 is 10.8 Å². The Balaban J connectivity index is 1.35.